The van der Waals surface area contributed by atoms with E-state index in [-0.39, 0.29) is 5.41 Å². The van der Waals surface area contributed by atoms with Crippen molar-refractivity contribution in [3.05, 3.63) is 58.7 Å². The first-order chi connectivity index (χ1) is 10.6. The van der Waals surface area contributed by atoms with E-state index >= 15 is 0 Å². The van der Waals surface area contributed by atoms with E-state index in [2.05, 4.69) is 39.5 Å². The Morgan fingerprint density at radius 3 is 2.35 bits per heavy atom. The fraction of sp³-hybridized carbons (Fsp3) is 0.450. The number of sulfone groups is 1. The highest BCUT2D eigenvalue weighted by molar-refractivity contribution is 7.94. The predicted octanol–water partition coefficient (Wildman–Crippen LogP) is 5.60. The summed E-state index contributed by atoms with van der Waals surface area (Å²) < 4.78 is 24.3. The van der Waals surface area contributed by atoms with Crippen LogP contribution in [0.15, 0.2) is 58.0 Å². The van der Waals surface area contributed by atoms with E-state index in [0.717, 1.165) is 24.8 Å². The lowest BCUT2D eigenvalue weighted by Gasteiger charge is -2.21. The van der Waals surface area contributed by atoms with Crippen LogP contribution in [0.4, 0.5) is 0 Å². The molecule has 0 N–H and O–H groups in total. The Morgan fingerprint density at radius 2 is 1.78 bits per heavy atom. The zero-order chi connectivity index (χ0) is 17.5. The van der Waals surface area contributed by atoms with Crippen LogP contribution in [-0.4, -0.2) is 8.42 Å². The van der Waals surface area contributed by atoms with Crippen molar-refractivity contribution in [1.82, 2.24) is 0 Å². The maximum absolute atomic E-state index is 12.2. The topological polar surface area (TPSA) is 34.1 Å². The molecule has 0 spiro atoms. The summed E-state index contributed by atoms with van der Waals surface area (Å²) in [5.74, 6) is 0. The second kappa shape index (κ2) is 8.33. The van der Waals surface area contributed by atoms with Crippen LogP contribution in [0.1, 0.15) is 52.5 Å². The van der Waals surface area contributed by atoms with Gasteiger partial charge in [0.15, 0.2) is 0 Å². The van der Waals surface area contributed by atoms with Crippen LogP contribution < -0.4 is 0 Å². The van der Waals surface area contributed by atoms with Crippen molar-refractivity contribution < 1.29 is 8.42 Å². The van der Waals surface area contributed by atoms with Gasteiger partial charge in [-0.05, 0) is 63.7 Å². The Morgan fingerprint density at radius 1 is 1.17 bits per heavy atom. The first kappa shape index (κ1) is 19.5. The Bertz CT molecular complexity index is 695. The molecular formula is C20H28O2S. The van der Waals surface area contributed by atoms with Crippen molar-refractivity contribution in [1.29, 1.82) is 0 Å². The van der Waals surface area contributed by atoms with Crippen LogP contribution in [0.25, 0.3) is 0 Å². The smallest absolute Gasteiger partial charge is 0.207 e. The minimum absolute atomic E-state index is 0.139. The quantitative estimate of drug-likeness (QED) is 0.481. The molecular weight excluding hydrogens is 304 g/mol. The number of allylic oxidation sites excluding steroid dienone is 3. The van der Waals surface area contributed by atoms with E-state index in [1.54, 1.807) is 24.3 Å². The molecule has 0 saturated heterocycles. The summed E-state index contributed by atoms with van der Waals surface area (Å²) in [4.78, 5) is 0.312. The lowest BCUT2D eigenvalue weighted by molar-refractivity contribution is 0.343. The molecule has 23 heavy (non-hydrogen) atoms. The normalized spacial score (nSPS) is 11.5. The molecule has 0 radical (unpaired) electrons. The molecule has 0 unspecified atom stereocenters. The Hall–Kier alpha value is -1.57. The molecule has 0 aromatic heterocycles. The highest BCUT2D eigenvalue weighted by atomic mass is 32.2. The average molecular weight is 333 g/mol. The molecule has 126 valence electrons. The molecule has 0 amide bonds. The molecule has 0 atom stereocenters. The lowest BCUT2D eigenvalue weighted by atomic mass is 9.84. The van der Waals surface area contributed by atoms with Crippen LogP contribution >= 0.6 is 0 Å². The fourth-order valence-electron chi connectivity index (χ4n) is 2.12. The van der Waals surface area contributed by atoms with Crippen molar-refractivity contribution in [2.24, 2.45) is 5.41 Å². The van der Waals surface area contributed by atoms with Gasteiger partial charge in [0.25, 0.3) is 0 Å². The number of rotatable bonds is 7. The van der Waals surface area contributed by atoms with Gasteiger partial charge in [-0.25, -0.2) is 8.42 Å². The number of hydrogen-bond acceptors (Lipinski definition) is 2. The second-order valence-electron chi connectivity index (χ2n) is 7.04. The zero-order valence-corrected chi connectivity index (χ0v) is 15.7. The SMILES string of the molecule is CC(C)=CCCC(C)(C)CC=C=CS(=O)(=O)c1ccc(C)cc1. The summed E-state index contributed by atoms with van der Waals surface area (Å²) in [6.07, 6.45) is 7.00. The molecule has 1 aromatic carbocycles. The average Bonchev–Trinajstić information content (AvgIpc) is 2.43. The van der Waals surface area contributed by atoms with Crippen molar-refractivity contribution in [3.8, 4) is 0 Å². The largest absolute Gasteiger partial charge is 0.218 e. The first-order valence-corrected chi connectivity index (χ1v) is 9.53. The predicted molar refractivity (Wildman–Crippen MR) is 98.1 cm³/mol. The van der Waals surface area contributed by atoms with Crippen molar-refractivity contribution >= 4 is 9.84 Å². The third-order valence-corrected chi connectivity index (χ3v) is 5.09. The van der Waals surface area contributed by atoms with E-state index < -0.39 is 9.84 Å². The van der Waals surface area contributed by atoms with Gasteiger partial charge in [0.1, 0.15) is 0 Å². The van der Waals surface area contributed by atoms with E-state index in [9.17, 15) is 8.42 Å². The molecule has 0 saturated carbocycles. The third kappa shape index (κ3) is 7.49. The summed E-state index contributed by atoms with van der Waals surface area (Å²) in [6, 6.07) is 6.87. The van der Waals surface area contributed by atoms with E-state index in [0.29, 0.717) is 4.90 Å². The third-order valence-electron chi connectivity index (χ3n) is 3.72. The summed E-state index contributed by atoms with van der Waals surface area (Å²) in [5.41, 5.74) is 5.36. The van der Waals surface area contributed by atoms with Gasteiger partial charge in [-0.15, -0.1) is 5.73 Å². The first-order valence-electron chi connectivity index (χ1n) is 7.98. The van der Waals surface area contributed by atoms with E-state index in [1.807, 2.05) is 13.0 Å². The van der Waals surface area contributed by atoms with Gasteiger partial charge in [0, 0.05) is 0 Å². The summed E-state index contributed by atoms with van der Waals surface area (Å²) in [6.45, 7) is 10.5. The maximum atomic E-state index is 12.2. The molecule has 1 rings (SSSR count). The number of benzene rings is 1. The van der Waals surface area contributed by atoms with Crippen molar-refractivity contribution in [2.75, 3.05) is 0 Å². The van der Waals surface area contributed by atoms with Gasteiger partial charge >= 0.3 is 0 Å². The fourth-order valence-corrected chi connectivity index (χ4v) is 3.05. The Labute approximate surface area is 141 Å². The van der Waals surface area contributed by atoms with Crippen LogP contribution in [0.2, 0.25) is 0 Å². The van der Waals surface area contributed by atoms with Crippen molar-refractivity contribution in [3.63, 3.8) is 0 Å². The molecule has 1 aromatic rings. The van der Waals surface area contributed by atoms with Crippen LogP contribution in [-0.2, 0) is 9.84 Å². The molecule has 0 bridgehead atoms. The monoisotopic (exact) mass is 332 g/mol. The highest BCUT2D eigenvalue weighted by Gasteiger charge is 2.15. The number of hydrogen-bond donors (Lipinski definition) is 0. The van der Waals surface area contributed by atoms with Gasteiger partial charge in [0.05, 0.1) is 10.3 Å². The van der Waals surface area contributed by atoms with Gasteiger partial charge in [0.2, 0.25) is 9.84 Å². The second-order valence-corrected chi connectivity index (χ2v) is 8.83. The summed E-state index contributed by atoms with van der Waals surface area (Å²) in [7, 11) is -3.40. The van der Waals surface area contributed by atoms with Crippen LogP contribution in [0.3, 0.4) is 0 Å². The maximum Gasteiger partial charge on any atom is 0.207 e. The molecule has 0 aliphatic rings. The van der Waals surface area contributed by atoms with E-state index in [4.69, 9.17) is 0 Å². The summed E-state index contributed by atoms with van der Waals surface area (Å²) in [5, 5.41) is 1.17. The summed E-state index contributed by atoms with van der Waals surface area (Å²) >= 11 is 0. The molecule has 0 aliphatic heterocycles. The molecule has 0 fully saturated rings. The van der Waals surface area contributed by atoms with Gasteiger partial charge < -0.3 is 0 Å². The Balaban J connectivity index is 2.70. The standard InChI is InChI=1S/C20H28O2S/c1-17(2)9-8-15-20(4,5)14-6-7-16-23(21,22)19-12-10-18(3)11-13-19/h6,9-13,16H,8,14-15H2,1-5H3. The van der Waals surface area contributed by atoms with Gasteiger partial charge in [-0.1, -0.05) is 43.2 Å². The lowest BCUT2D eigenvalue weighted by Crippen LogP contribution is -2.09. The minimum Gasteiger partial charge on any atom is -0.218 e. The molecule has 0 heterocycles. The highest BCUT2D eigenvalue weighted by Crippen LogP contribution is 2.27. The molecule has 2 nitrogen and oxygen atoms in total. The molecule has 0 aliphatic carbocycles. The van der Waals surface area contributed by atoms with Crippen LogP contribution in [0.5, 0.6) is 0 Å². The number of aryl methyl sites for hydroxylation is 1. The minimum atomic E-state index is -3.40. The van der Waals surface area contributed by atoms with Crippen molar-refractivity contribution in [2.45, 2.75) is 58.8 Å². The van der Waals surface area contributed by atoms with Gasteiger partial charge in [-0.2, -0.15) is 0 Å². The molecule has 3 heteroatoms. The zero-order valence-electron chi connectivity index (χ0n) is 14.9. The van der Waals surface area contributed by atoms with E-state index in [1.165, 1.54) is 11.0 Å². The Kier molecular flexibility index (Phi) is 7.05. The van der Waals surface area contributed by atoms with Crippen LogP contribution in [0, 0.1) is 12.3 Å². The van der Waals surface area contributed by atoms with Gasteiger partial charge in [-0.3, -0.25) is 0 Å².